The van der Waals surface area contributed by atoms with Gasteiger partial charge in [0.1, 0.15) is 5.75 Å². The van der Waals surface area contributed by atoms with Gasteiger partial charge in [-0.1, -0.05) is 6.07 Å². The molecule has 1 aliphatic rings. The van der Waals surface area contributed by atoms with E-state index in [0.717, 1.165) is 11.2 Å². The molecule has 0 fully saturated rings. The van der Waals surface area contributed by atoms with Crippen LogP contribution in [0.25, 0.3) is 0 Å². The van der Waals surface area contributed by atoms with Gasteiger partial charge in [-0.05, 0) is 23.2 Å². The zero-order valence-electron chi connectivity index (χ0n) is 6.33. The van der Waals surface area contributed by atoms with Crippen molar-refractivity contribution in [1.82, 2.24) is 0 Å². The monoisotopic (exact) mass is 147 g/mol. The molecular formula is C8H8BO2. The van der Waals surface area contributed by atoms with E-state index in [-0.39, 0.29) is 0 Å². The lowest BCUT2D eigenvalue weighted by Crippen LogP contribution is -2.11. The predicted molar refractivity (Wildman–Crippen MR) is 43.2 cm³/mol. The van der Waals surface area contributed by atoms with Gasteiger partial charge in [0.15, 0.2) is 0 Å². The molecule has 0 amide bonds. The third kappa shape index (κ3) is 1.12. The molecule has 2 nitrogen and oxygen atoms in total. The van der Waals surface area contributed by atoms with Crippen LogP contribution in [0.1, 0.15) is 5.56 Å². The van der Waals surface area contributed by atoms with Crippen LogP contribution in [-0.4, -0.2) is 14.6 Å². The van der Waals surface area contributed by atoms with Crippen LogP contribution < -0.4 is 10.2 Å². The number of methoxy groups -OCH3 is 1. The van der Waals surface area contributed by atoms with Crippen LogP contribution in [0.4, 0.5) is 0 Å². The fraction of sp³-hybridized carbons (Fsp3) is 0.250. The van der Waals surface area contributed by atoms with Crippen molar-refractivity contribution in [1.29, 1.82) is 0 Å². The normalized spacial score (nSPS) is 13.9. The summed E-state index contributed by atoms with van der Waals surface area (Å²) in [6, 6.07) is 5.95. The number of ether oxygens (including phenoxy) is 1. The van der Waals surface area contributed by atoms with Crippen LogP contribution in [0.3, 0.4) is 0 Å². The van der Waals surface area contributed by atoms with Crippen LogP contribution in [0.5, 0.6) is 5.75 Å². The largest absolute Gasteiger partial charge is 0.497 e. The lowest BCUT2D eigenvalue weighted by atomic mass is 9.87. The number of rotatable bonds is 1. The summed E-state index contributed by atoms with van der Waals surface area (Å²) in [6.07, 6.45) is 0. The molecule has 0 atom stereocenters. The van der Waals surface area contributed by atoms with E-state index >= 15 is 0 Å². The van der Waals surface area contributed by atoms with Crippen molar-refractivity contribution in [3.8, 4) is 5.75 Å². The standard InChI is InChI=1S/C8H8BO2/c1-10-7-3-2-6-5-11-9-8(6)4-7/h2-4H,5H2,1H3. The highest BCUT2D eigenvalue weighted by Gasteiger charge is 2.12. The summed E-state index contributed by atoms with van der Waals surface area (Å²) in [5.74, 6) is 0.880. The molecule has 0 aliphatic carbocycles. The molecule has 11 heavy (non-hydrogen) atoms. The van der Waals surface area contributed by atoms with Crippen molar-refractivity contribution in [3.63, 3.8) is 0 Å². The predicted octanol–water partition coefficient (Wildman–Crippen LogP) is 0.470. The summed E-state index contributed by atoms with van der Waals surface area (Å²) in [5, 5.41) is 0. The molecule has 0 saturated heterocycles. The SMILES string of the molecule is COc1ccc2c(c1)[B]OC2. The molecule has 1 heterocycles. The Labute approximate surface area is 66.4 Å². The molecule has 1 aliphatic heterocycles. The zero-order chi connectivity index (χ0) is 7.68. The van der Waals surface area contributed by atoms with E-state index in [2.05, 4.69) is 0 Å². The number of benzene rings is 1. The molecule has 0 unspecified atom stereocenters. The molecule has 0 N–H and O–H groups in total. The van der Waals surface area contributed by atoms with Crippen molar-refractivity contribution in [2.45, 2.75) is 6.61 Å². The second kappa shape index (κ2) is 2.59. The van der Waals surface area contributed by atoms with Crippen LogP contribution in [0.15, 0.2) is 18.2 Å². The molecule has 1 radical (unpaired) electrons. The van der Waals surface area contributed by atoms with Gasteiger partial charge in [0, 0.05) is 0 Å². The van der Waals surface area contributed by atoms with Gasteiger partial charge in [-0.3, -0.25) is 0 Å². The maximum atomic E-state index is 5.13. The van der Waals surface area contributed by atoms with E-state index in [1.165, 1.54) is 5.56 Å². The highest BCUT2D eigenvalue weighted by molar-refractivity contribution is 6.48. The van der Waals surface area contributed by atoms with E-state index in [4.69, 9.17) is 9.39 Å². The first-order valence-corrected chi connectivity index (χ1v) is 3.52. The Morgan fingerprint density at radius 3 is 3.27 bits per heavy atom. The van der Waals surface area contributed by atoms with Gasteiger partial charge >= 0.3 is 7.48 Å². The number of hydrogen-bond acceptors (Lipinski definition) is 2. The molecule has 55 valence electrons. The summed E-state index contributed by atoms with van der Waals surface area (Å²) in [4.78, 5) is 0. The molecule has 1 aromatic carbocycles. The van der Waals surface area contributed by atoms with Crippen molar-refractivity contribution in [2.75, 3.05) is 7.11 Å². The molecule has 2 rings (SSSR count). The molecule has 0 spiro atoms. The fourth-order valence-electron chi connectivity index (χ4n) is 1.16. The van der Waals surface area contributed by atoms with E-state index in [1.807, 2.05) is 18.2 Å². The summed E-state index contributed by atoms with van der Waals surface area (Å²) in [7, 11) is 3.43. The molecule has 0 aromatic heterocycles. The summed E-state index contributed by atoms with van der Waals surface area (Å²) in [6.45, 7) is 0.694. The van der Waals surface area contributed by atoms with Crippen LogP contribution in [0, 0.1) is 0 Å². The van der Waals surface area contributed by atoms with E-state index in [0.29, 0.717) is 6.61 Å². The molecule has 3 heteroatoms. The van der Waals surface area contributed by atoms with Gasteiger partial charge in [0.05, 0.1) is 13.7 Å². The first-order chi connectivity index (χ1) is 5.40. The number of hydrogen-bond donors (Lipinski definition) is 0. The first kappa shape index (κ1) is 6.74. The minimum Gasteiger partial charge on any atom is -0.497 e. The second-order valence-corrected chi connectivity index (χ2v) is 2.49. The lowest BCUT2D eigenvalue weighted by Gasteiger charge is -2.00. The second-order valence-electron chi connectivity index (χ2n) is 2.49. The third-order valence-corrected chi connectivity index (χ3v) is 1.80. The van der Waals surface area contributed by atoms with Gasteiger partial charge in [-0.2, -0.15) is 0 Å². The Hall–Kier alpha value is -0.955. The number of fused-ring (bicyclic) bond motifs is 1. The fourth-order valence-corrected chi connectivity index (χ4v) is 1.16. The summed E-state index contributed by atoms with van der Waals surface area (Å²) >= 11 is 0. The highest BCUT2D eigenvalue weighted by atomic mass is 16.5. The zero-order valence-corrected chi connectivity index (χ0v) is 6.33. The Morgan fingerprint density at radius 2 is 2.45 bits per heavy atom. The Kier molecular flexibility index (Phi) is 1.58. The quantitative estimate of drug-likeness (QED) is 0.537. The van der Waals surface area contributed by atoms with Gasteiger partial charge in [-0.25, -0.2) is 0 Å². The summed E-state index contributed by atoms with van der Waals surface area (Å²) < 4.78 is 10.2. The Balaban J connectivity index is 2.41. The van der Waals surface area contributed by atoms with Crippen molar-refractivity contribution >= 4 is 12.9 Å². The first-order valence-electron chi connectivity index (χ1n) is 3.52. The molecule has 0 saturated carbocycles. The Morgan fingerprint density at radius 1 is 1.55 bits per heavy atom. The van der Waals surface area contributed by atoms with Gasteiger partial charge in [0.2, 0.25) is 0 Å². The third-order valence-electron chi connectivity index (χ3n) is 1.80. The van der Waals surface area contributed by atoms with Crippen molar-refractivity contribution in [3.05, 3.63) is 23.8 Å². The summed E-state index contributed by atoms with van der Waals surface area (Å²) in [5.41, 5.74) is 2.36. The van der Waals surface area contributed by atoms with E-state index in [1.54, 1.807) is 14.6 Å². The topological polar surface area (TPSA) is 18.5 Å². The van der Waals surface area contributed by atoms with Gasteiger partial charge < -0.3 is 9.39 Å². The lowest BCUT2D eigenvalue weighted by molar-refractivity contribution is 0.345. The van der Waals surface area contributed by atoms with Crippen LogP contribution >= 0.6 is 0 Å². The van der Waals surface area contributed by atoms with Crippen LogP contribution in [0.2, 0.25) is 0 Å². The van der Waals surface area contributed by atoms with E-state index < -0.39 is 0 Å². The maximum Gasteiger partial charge on any atom is 0.330 e. The molecule has 0 bridgehead atoms. The minimum atomic E-state index is 0.694. The molecular weight excluding hydrogens is 139 g/mol. The van der Waals surface area contributed by atoms with Gasteiger partial charge in [-0.15, -0.1) is 0 Å². The van der Waals surface area contributed by atoms with Crippen LogP contribution in [-0.2, 0) is 11.3 Å². The van der Waals surface area contributed by atoms with Gasteiger partial charge in [0.25, 0.3) is 0 Å². The highest BCUT2D eigenvalue weighted by Crippen LogP contribution is 2.12. The van der Waals surface area contributed by atoms with E-state index in [9.17, 15) is 0 Å². The molecule has 1 aromatic rings. The van der Waals surface area contributed by atoms with Crippen molar-refractivity contribution in [2.24, 2.45) is 0 Å². The average Bonchev–Trinajstić information content (AvgIpc) is 2.50. The van der Waals surface area contributed by atoms with Crippen molar-refractivity contribution < 1.29 is 9.39 Å². The average molecular weight is 147 g/mol. The minimum absolute atomic E-state index is 0.694. The smallest absolute Gasteiger partial charge is 0.330 e. The Bertz CT molecular complexity index is 273. The maximum absolute atomic E-state index is 5.13.